The lowest BCUT2D eigenvalue weighted by molar-refractivity contribution is 0.281. The lowest BCUT2D eigenvalue weighted by Gasteiger charge is -2.12. The van der Waals surface area contributed by atoms with Crippen molar-refractivity contribution in [3.05, 3.63) is 42.0 Å². The zero-order valence-electron chi connectivity index (χ0n) is 12.5. The second-order valence-electron chi connectivity index (χ2n) is 4.89. The Kier molecular flexibility index (Phi) is 3.86. The Morgan fingerprint density at radius 2 is 1.91 bits per heavy atom. The molecule has 0 saturated heterocycles. The first-order valence-electron chi connectivity index (χ1n) is 6.89. The van der Waals surface area contributed by atoms with Gasteiger partial charge in [0.15, 0.2) is 0 Å². The van der Waals surface area contributed by atoms with E-state index in [1.54, 1.807) is 30.3 Å². The highest BCUT2D eigenvalue weighted by molar-refractivity contribution is 5.95. The van der Waals surface area contributed by atoms with Crippen molar-refractivity contribution in [3.63, 3.8) is 0 Å². The van der Waals surface area contributed by atoms with Gasteiger partial charge in [-0.2, -0.15) is 4.98 Å². The van der Waals surface area contributed by atoms with E-state index in [-0.39, 0.29) is 18.4 Å². The molecule has 23 heavy (non-hydrogen) atoms. The van der Waals surface area contributed by atoms with E-state index >= 15 is 0 Å². The highest BCUT2D eigenvalue weighted by Crippen LogP contribution is 2.35. The molecule has 1 aromatic heterocycles. The smallest absolute Gasteiger partial charge is 0.222 e. The van der Waals surface area contributed by atoms with Crippen LogP contribution in [-0.4, -0.2) is 22.2 Å². The van der Waals surface area contributed by atoms with Crippen LogP contribution in [0.4, 0.5) is 11.8 Å². The van der Waals surface area contributed by atoms with Gasteiger partial charge in [-0.05, 0) is 17.7 Å². The number of nitrogens with zero attached hydrogens (tertiary/aromatic N) is 2. The van der Waals surface area contributed by atoms with Crippen molar-refractivity contribution in [2.45, 2.75) is 6.61 Å². The molecule has 0 amide bonds. The van der Waals surface area contributed by atoms with Crippen molar-refractivity contribution >= 4 is 22.7 Å². The predicted octanol–water partition coefficient (Wildman–Crippen LogP) is 2.09. The van der Waals surface area contributed by atoms with Gasteiger partial charge in [-0.1, -0.05) is 12.1 Å². The molecule has 0 spiro atoms. The molecule has 3 aromatic rings. The van der Waals surface area contributed by atoms with Gasteiger partial charge in [0.25, 0.3) is 0 Å². The Labute approximate surface area is 132 Å². The molecule has 7 heteroatoms. The zero-order chi connectivity index (χ0) is 16.4. The number of aliphatic hydroxyl groups is 1. The Hall–Kier alpha value is -3.06. The largest absolute Gasteiger partial charge is 0.496 e. The van der Waals surface area contributed by atoms with Gasteiger partial charge < -0.3 is 26.0 Å². The molecule has 0 radical (unpaired) electrons. The Bertz CT molecular complexity index is 867. The van der Waals surface area contributed by atoms with E-state index in [2.05, 4.69) is 9.97 Å². The Morgan fingerprint density at radius 1 is 1.09 bits per heavy atom. The molecule has 0 atom stereocenters. The third-order valence-corrected chi connectivity index (χ3v) is 3.32. The number of benzene rings is 2. The van der Waals surface area contributed by atoms with Crippen LogP contribution in [0.15, 0.2) is 36.4 Å². The Morgan fingerprint density at radius 3 is 2.65 bits per heavy atom. The molecular formula is C16H16N4O3. The number of nitrogen functional groups attached to an aromatic ring is 2. The minimum absolute atomic E-state index is 0.0570. The number of methoxy groups -OCH3 is 1. The monoisotopic (exact) mass is 312 g/mol. The molecular weight excluding hydrogens is 296 g/mol. The van der Waals surface area contributed by atoms with Gasteiger partial charge in [-0.25, -0.2) is 4.98 Å². The minimum Gasteiger partial charge on any atom is -0.496 e. The second-order valence-corrected chi connectivity index (χ2v) is 4.89. The fourth-order valence-electron chi connectivity index (χ4n) is 2.31. The van der Waals surface area contributed by atoms with Crippen LogP contribution in [0, 0.1) is 0 Å². The molecule has 1 heterocycles. The van der Waals surface area contributed by atoms with Crippen molar-refractivity contribution in [1.29, 1.82) is 0 Å². The van der Waals surface area contributed by atoms with Crippen molar-refractivity contribution in [2.75, 3.05) is 18.6 Å². The van der Waals surface area contributed by atoms with Crippen LogP contribution >= 0.6 is 0 Å². The quantitative estimate of drug-likeness (QED) is 0.675. The maximum atomic E-state index is 9.19. The molecule has 118 valence electrons. The summed E-state index contributed by atoms with van der Waals surface area (Å²) in [5, 5.41) is 9.77. The minimum atomic E-state index is -0.0570. The van der Waals surface area contributed by atoms with E-state index in [0.717, 1.165) is 5.56 Å². The van der Waals surface area contributed by atoms with Crippen LogP contribution < -0.4 is 20.9 Å². The molecule has 0 bridgehead atoms. The van der Waals surface area contributed by atoms with Gasteiger partial charge in [0.05, 0.1) is 24.6 Å². The summed E-state index contributed by atoms with van der Waals surface area (Å²) >= 11 is 0. The first-order valence-corrected chi connectivity index (χ1v) is 6.89. The summed E-state index contributed by atoms with van der Waals surface area (Å²) in [6.07, 6.45) is 0. The van der Waals surface area contributed by atoms with Crippen molar-refractivity contribution in [1.82, 2.24) is 9.97 Å². The van der Waals surface area contributed by atoms with Crippen LogP contribution in [0.5, 0.6) is 17.2 Å². The fourth-order valence-corrected chi connectivity index (χ4v) is 2.31. The highest BCUT2D eigenvalue weighted by Gasteiger charge is 2.12. The number of fused-ring (bicyclic) bond motifs is 1. The topological polar surface area (TPSA) is 117 Å². The summed E-state index contributed by atoms with van der Waals surface area (Å²) in [5.74, 6) is 1.93. The number of ether oxygens (including phenoxy) is 2. The maximum Gasteiger partial charge on any atom is 0.222 e. The number of aromatic nitrogens is 2. The second kappa shape index (κ2) is 5.98. The lowest BCUT2D eigenvalue weighted by Crippen LogP contribution is -2.02. The molecule has 3 rings (SSSR count). The first-order chi connectivity index (χ1) is 11.1. The summed E-state index contributed by atoms with van der Waals surface area (Å²) in [6.45, 7) is -0.0570. The van der Waals surface area contributed by atoms with E-state index < -0.39 is 0 Å². The summed E-state index contributed by atoms with van der Waals surface area (Å²) < 4.78 is 11.2. The molecule has 0 unspecified atom stereocenters. The zero-order valence-corrected chi connectivity index (χ0v) is 12.5. The van der Waals surface area contributed by atoms with E-state index in [1.807, 2.05) is 6.07 Å². The average Bonchev–Trinajstić information content (AvgIpc) is 2.53. The van der Waals surface area contributed by atoms with Gasteiger partial charge in [-0.15, -0.1) is 0 Å². The third-order valence-electron chi connectivity index (χ3n) is 3.32. The van der Waals surface area contributed by atoms with Crippen LogP contribution in [-0.2, 0) is 6.61 Å². The van der Waals surface area contributed by atoms with E-state index in [4.69, 9.17) is 20.9 Å². The molecule has 0 aliphatic carbocycles. The van der Waals surface area contributed by atoms with Crippen LogP contribution in [0.2, 0.25) is 0 Å². The number of hydrogen-bond acceptors (Lipinski definition) is 7. The highest BCUT2D eigenvalue weighted by atomic mass is 16.5. The van der Waals surface area contributed by atoms with Crippen LogP contribution in [0.3, 0.4) is 0 Å². The molecule has 2 aromatic carbocycles. The van der Waals surface area contributed by atoms with Gasteiger partial charge in [0.2, 0.25) is 5.95 Å². The van der Waals surface area contributed by atoms with Gasteiger partial charge >= 0.3 is 0 Å². The summed E-state index contributed by atoms with van der Waals surface area (Å²) in [4.78, 5) is 8.11. The van der Waals surface area contributed by atoms with Crippen molar-refractivity contribution < 1.29 is 14.6 Å². The fraction of sp³-hybridized carbons (Fsp3) is 0.125. The van der Waals surface area contributed by atoms with Gasteiger partial charge in [0.1, 0.15) is 23.1 Å². The first kappa shape index (κ1) is 14.9. The van der Waals surface area contributed by atoms with Gasteiger partial charge in [-0.3, -0.25) is 0 Å². The molecule has 0 saturated carbocycles. The maximum absolute atomic E-state index is 9.19. The summed E-state index contributed by atoms with van der Waals surface area (Å²) in [5.41, 5.74) is 12.8. The average molecular weight is 312 g/mol. The molecule has 7 nitrogen and oxygen atoms in total. The van der Waals surface area contributed by atoms with Crippen LogP contribution in [0.1, 0.15) is 5.56 Å². The van der Waals surface area contributed by atoms with E-state index in [1.165, 1.54) is 7.11 Å². The summed E-state index contributed by atoms with van der Waals surface area (Å²) in [6, 6.07) is 10.6. The standard InChI is InChI=1S/C16H16N4O3/c1-22-13-7-11(23-10-4-2-3-9(5-10)8-21)6-12-14(13)15(17)20-16(18)19-12/h2-7,21H,8H2,1H3,(H4,17,18,19,20). The normalized spacial score (nSPS) is 10.7. The van der Waals surface area contributed by atoms with Crippen molar-refractivity contribution in [3.8, 4) is 17.2 Å². The van der Waals surface area contributed by atoms with Crippen molar-refractivity contribution in [2.24, 2.45) is 0 Å². The number of rotatable bonds is 4. The SMILES string of the molecule is COc1cc(Oc2cccc(CO)c2)cc2nc(N)nc(N)c12. The molecule has 0 aliphatic heterocycles. The molecule has 5 N–H and O–H groups in total. The number of hydrogen-bond donors (Lipinski definition) is 3. The summed E-state index contributed by atoms with van der Waals surface area (Å²) in [7, 11) is 1.53. The molecule has 0 fully saturated rings. The van der Waals surface area contributed by atoms with E-state index in [9.17, 15) is 5.11 Å². The predicted molar refractivity (Wildman–Crippen MR) is 87.4 cm³/mol. The van der Waals surface area contributed by atoms with E-state index in [0.29, 0.717) is 28.2 Å². The third kappa shape index (κ3) is 2.95. The number of nitrogens with two attached hydrogens (primary N) is 2. The Balaban J connectivity index is 2.07. The number of anilines is 2. The number of aliphatic hydroxyl groups excluding tert-OH is 1. The lowest BCUT2D eigenvalue weighted by atomic mass is 10.2. The van der Waals surface area contributed by atoms with Crippen LogP contribution in [0.25, 0.3) is 10.9 Å². The van der Waals surface area contributed by atoms with Gasteiger partial charge in [0, 0.05) is 12.1 Å². The molecule has 0 aliphatic rings.